The predicted octanol–water partition coefficient (Wildman–Crippen LogP) is 1.98. The van der Waals surface area contributed by atoms with Crippen molar-refractivity contribution in [2.24, 2.45) is 0 Å². The first-order valence-electron chi connectivity index (χ1n) is 7.66. The largest absolute Gasteiger partial charge is 0.463 e. The van der Waals surface area contributed by atoms with Gasteiger partial charge in [0.1, 0.15) is 0 Å². The van der Waals surface area contributed by atoms with Crippen LogP contribution in [-0.4, -0.2) is 42.4 Å². The number of nitrogens with zero attached hydrogens (tertiary/aromatic N) is 1. The molecule has 2 rings (SSSR count). The van der Waals surface area contributed by atoms with Crippen molar-refractivity contribution < 1.29 is 19.1 Å². The number of hydrogen-bond acceptors (Lipinski definition) is 4. The first-order chi connectivity index (χ1) is 11.1. The van der Waals surface area contributed by atoms with Gasteiger partial charge >= 0.3 is 5.97 Å². The maximum Gasteiger partial charge on any atom is 0.330 e. The average molecular weight is 316 g/mol. The van der Waals surface area contributed by atoms with E-state index in [2.05, 4.69) is 5.32 Å². The third-order valence-corrected chi connectivity index (χ3v) is 3.47. The first kappa shape index (κ1) is 16.7. The van der Waals surface area contributed by atoms with Gasteiger partial charge in [-0.05, 0) is 31.9 Å². The average Bonchev–Trinajstić information content (AvgIpc) is 3.07. The molecule has 0 bridgehead atoms. The highest BCUT2D eigenvalue weighted by Crippen LogP contribution is 2.20. The summed E-state index contributed by atoms with van der Waals surface area (Å²) in [6.45, 7) is 3.41. The lowest BCUT2D eigenvalue weighted by Gasteiger charge is -2.17. The molecule has 1 aromatic carbocycles. The number of nitrogens with one attached hydrogen (secondary N) is 1. The second kappa shape index (κ2) is 8.12. The van der Waals surface area contributed by atoms with Crippen LogP contribution in [0, 0.1) is 0 Å². The zero-order valence-corrected chi connectivity index (χ0v) is 13.1. The molecule has 1 aliphatic heterocycles. The van der Waals surface area contributed by atoms with E-state index in [-0.39, 0.29) is 12.5 Å². The number of amides is 2. The lowest BCUT2D eigenvalue weighted by atomic mass is 10.1. The maximum atomic E-state index is 12.5. The Morgan fingerprint density at radius 2 is 1.87 bits per heavy atom. The van der Waals surface area contributed by atoms with Crippen LogP contribution in [0.25, 0.3) is 0 Å². The highest BCUT2D eigenvalue weighted by atomic mass is 16.5. The zero-order valence-electron chi connectivity index (χ0n) is 13.1. The minimum absolute atomic E-state index is 0.0900. The van der Waals surface area contributed by atoms with Crippen molar-refractivity contribution in [3.63, 3.8) is 0 Å². The molecule has 0 saturated carbocycles. The van der Waals surface area contributed by atoms with E-state index < -0.39 is 11.9 Å². The third kappa shape index (κ3) is 4.67. The van der Waals surface area contributed by atoms with Crippen LogP contribution in [0.15, 0.2) is 36.4 Å². The van der Waals surface area contributed by atoms with Crippen LogP contribution in [0.5, 0.6) is 0 Å². The summed E-state index contributed by atoms with van der Waals surface area (Å²) in [6, 6.07) is 6.85. The van der Waals surface area contributed by atoms with Crippen LogP contribution in [0.1, 0.15) is 30.1 Å². The lowest BCUT2D eigenvalue weighted by Crippen LogP contribution is -2.28. The van der Waals surface area contributed by atoms with Crippen molar-refractivity contribution in [2.75, 3.05) is 25.0 Å². The van der Waals surface area contributed by atoms with Crippen LogP contribution >= 0.6 is 0 Å². The van der Waals surface area contributed by atoms with Crippen molar-refractivity contribution in [3.05, 3.63) is 42.0 Å². The van der Waals surface area contributed by atoms with Crippen molar-refractivity contribution >= 4 is 23.5 Å². The van der Waals surface area contributed by atoms with Crippen LogP contribution in [0.2, 0.25) is 0 Å². The van der Waals surface area contributed by atoms with Crippen molar-refractivity contribution in [2.45, 2.75) is 19.8 Å². The smallest absolute Gasteiger partial charge is 0.330 e. The number of carbonyl (C=O) groups is 3. The molecular formula is C17H20N2O4. The Kier molecular flexibility index (Phi) is 5.91. The number of benzene rings is 1. The van der Waals surface area contributed by atoms with Gasteiger partial charge in [-0.25, -0.2) is 4.79 Å². The van der Waals surface area contributed by atoms with E-state index in [1.165, 1.54) is 0 Å². The third-order valence-electron chi connectivity index (χ3n) is 3.47. The Labute approximate surface area is 135 Å². The molecule has 0 aromatic heterocycles. The number of likely N-dealkylation sites (tertiary alicyclic amines) is 1. The number of ether oxygens (including phenoxy) is 1. The quantitative estimate of drug-likeness (QED) is 0.666. The Bertz CT molecular complexity index is 619. The molecule has 122 valence electrons. The molecular weight excluding hydrogens is 296 g/mol. The molecule has 1 aliphatic rings. The van der Waals surface area contributed by atoms with Crippen LogP contribution in [-0.2, 0) is 14.3 Å². The molecule has 1 saturated heterocycles. The summed E-state index contributed by atoms with van der Waals surface area (Å²) in [4.78, 5) is 37.3. The molecule has 1 fully saturated rings. The highest BCUT2D eigenvalue weighted by molar-refractivity contribution is 6.07. The minimum atomic E-state index is -0.580. The highest BCUT2D eigenvalue weighted by Gasteiger charge is 2.21. The van der Waals surface area contributed by atoms with Gasteiger partial charge in [0.15, 0.2) is 0 Å². The molecule has 6 heteroatoms. The van der Waals surface area contributed by atoms with E-state index >= 15 is 0 Å². The van der Waals surface area contributed by atoms with Gasteiger partial charge in [-0.15, -0.1) is 0 Å². The van der Waals surface area contributed by atoms with E-state index in [1.807, 2.05) is 0 Å². The molecule has 6 nitrogen and oxygen atoms in total. The van der Waals surface area contributed by atoms with E-state index in [1.54, 1.807) is 36.1 Å². The molecule has 1 N–H and O–H groups in total. The second-order valence-electron chi connectivity index (χ2n) is 5.12. The fourth-order valence-corrected chi connectivity index (χ4v) is 2.38. The van der Waals surface area contributed by atoms with Crippen LogP contribution in [0.3, 0.4) is 0 Å². The van der Waals surface area contributed by atoms with Crippen LogP contribution < -0.4 is 5.32 Å². The van der Waals surface area contributed by atoms with Gasteiger partial charge in [0.2, 0.25) is 5.91 Å². The topological polar surface area (TPSA) is 75.7 Å². The van der Waals surface area contributed by atoms with Gasteiger partial charge in [0.05, 0.1) is 17.9 Å². The standard InChI is InChI=1S/C17H20N2O4/c1-2-23-16(21)10-9-15(20)18-14-8-4-3-7-13(14)17(22)19-11-5-6-12-19/h3-4,7-10H,2,5-6,11-12H2,1H3,(H,18,20). The Balaban J connectivity index is 2.06. The lowest BCUT2D eigenvalue weighted by molar-refractivity contribution is -0.137. The SMILES string of the molecule is CCOC(=O)C=CC(=O)Nc1ccccc1C(=O)N1CCCC1. The van der Waals surface area contributed by atoms with Crippen molar-refractivity contribution in [3.8, 4) is 0 Å². The van der Waals surface area contributed by atoms with Gasteiger partial charge in [-0.3, -0.25) is 9.59 Å². The van der Waals surface area contributed by atoms with Crippen molar-refractivity contribution in [1.82, 2.24) is 4.90 Å². The number of hydrogen-bond donors (Lipinski definition) is 1. The monoisotopic (exact) mass is 316 g/mol. The Morgan fingerprint density at radius 1 is 1.17 bits per heavy atom. The zero-order chi connectivity index (χ0) is 16.7. The molecule has 2 amide bonds. The van der Waals surface area contributed by atoms with Gasteiger partial charge in [0.25, 0.3) is 5.91 Å². The van der Waals surface area contributed by atoms with Crippen LogP contribution in [0.4, 0.5) is 5.69 Å². The summed E-state index contributed by atoms with van der Waals surface area (Å²) in [5.41, 5.74) is 0.884. The fraction of sp³-hybridized carbons (Fsp3) is 0.353. The van der Waals surface area contributed by atoms with E-state index in [0.29, 0.717) is 11.3 Å². The maximum absolute atomic E-state index is 12.5. The number of carbonyl (C=O) groups excluding carboxylic acids is 3. The number of anilines is 1. The molecule has 0 aliphatic carbocycles. The number of rotatable bonds is 5. The van der Waals surface area contributed by atoms with Gasteiger partial charge in [-0.1, -0.05) is 12.1 Å². The molecule has 0 atom stereocenters. The molecule has 23 heavy (non-hydrogen) atoms. The Morgan fingerprint density at radius 3 is 2.57 bits per heavy atom. The first-order valence-corrected chi connectivity index (χ1v) is 7.66. The molecule has 0 unspecified atom stereocenters. The fourth-order valence-electron chi connectivity index (χ4n) is 2.38. The van der Waals surface area contributed by atoms with E-state index in [9.17, 15) is 14.4 Å². The summed E-state index contributed by atoms with van der Waals surface area (Å²) in [5, 5.41) is 2.63. The summed E-state index contributed by atoms with van der Waals surface area (Å²) < 4.78 is 4.71. The number of para-hydroxylation sites is 1. The molecule has 1 heterocycles. The summed E-state index contributed by atoms with van der Waals surface area (Å²) in [5.74, 6) is -1.16. The van der Waals surface area contributed by atoms with E-state index in [4.69, 9.17) is 4.74 Å². The number of esters is 1. The minimum Gasteiger partial charge on any atom is -0.463 e. The molecule has 0 spiro atoms. The van der Waals surface area contributed by atoms with Gasteiger partial charge < -0.3 is 15.0 Å². The second-order valence-corrected chi connectivity index (χ2v) is 5.12. The van der Waals surface area contributed by atoms with E-state index in [0.717, 1.165) is 38.1 Å². The Hall–Kier alpha value is -2.63. The molecule has 0 radical (unpaired) electrons. The summed E-state index contributed by atoms with van der Waals surface area (Å²) in [7, 11) is 0. The molecule has 1 aromatic rings. The van der Waals surface area contributed by atoms with Crippen molar-refractivity contribution in [1.29, 1.82) is 0 Å². The predicted molar refractivity (Wildman–Crippen MR) is 86.0 cm³/mol. The summed E-state index contributed by atoms with van der Waals surface area (Å²) >= 11 is 0. The van der Waals surface area contributed by atoms with Gasteiger partial charge in [-0.2, -0.15) is 0 Å². The summed E-state index contributed by atoms with van der Waals surface area (Å²) in [6.07, 6.45) is 4.16. The normalized spacial score (nSPS) is 14.0. The van der Waals surface area contributed by atoms with Gasteiger partial charge in [0, 0.05) is 25.2 Å².